The number of hydrogen-bond donors (Lipinski definition) is 0. The summed E-state index contributed by atoms with van der Waals surface area (Å²) < 4.78 is 18.9. The van der Waals surface area contributed by atoms with Gasteiger partial charge in [-0.25, -0.2) is 9.79 Å². The number of methoxy groups -OCH3 is 2. The van der Waals surface area contributed by atoms with Crippen molar-refractivity contribution >= 4 is 50.6 Å². The van der Waals surface area contributed by atoms with Crippen LogP contribution in [0.3, 0.4) is 0 Å². The predicted octanol–water partition coefficient (Wildman–Crippen LogP) is 3.64. The lowest BCUT2D eigenvalue weighted by atomic mass is 10.0. The largest absolute Gasteiger partial charge is 0.496 e. The minimum Gasteiger partial charge on any atom is -0.496 e. The first-order chi connectivity index (χ1) is 15.9. The average Bonchev–Trinajstić information content (AvgIpc) is 3.42. The number of aromatic nitrogens is 1. The van der Waals surface area contributed by atoms with Gasteiger partial charge in [-0.3, -0.25) is 9.36 Å². The van der Waals surface area contributed by atoms with E-state index in [1.165, 1.54) is 22.7 Å². The van der Waals surface area contributed by atoms with Gasteiger partial charge in [-0.15, -0.1) is 11.3 Å². The lowest BCUT2D eigenvalue weighted by molar-refractivity contribution is -0.139. The topological polar surface area (TPSA) is 79.1 Å². The summed E-state index contributed by atoms with van der Waals surface area (Å²) in [5.41, 5.74) is 1.40. The SMILES string of the molecule is CCOC(=O)C1=C(C)N=c2sc(=Cc3cc(Br)c(OC)cc3OC)c(=O)n2[C@H]1c1cccs1. The fraction of sp³-hybridized carbons (Fsp3) is 0.261. The molecule has 1 aromatic carbocycles. The van der Waals surface area contributed by atoms with E-state index in [9.17, 15) is 9.59 Å². The highest BCUT2D eigenvalue weighted by atomic mass is 79.9. The molecule has 3 aromatic rings. The Labute approximate surface area is 206 Å². The van der Waals surface area contributed by atoms with Crippen LogP contribution in [0.4, 0.5) is 0 Å². The van der Waals surface area contributed by atoms with E-state index in [0.717, 1.165) is 9.35 Å². The Kier molecular flexibility index (Phi) is 6.87. The van der Waals surface area contributed by atoms with Gasteiger partial charge in [-0.05, 0) is 53.4 Å². The van der Waals surface area contributed by atoms with Crippen molar-refractivity contribution in [2.45, 2.75) is 19.9 Å². The van der Waals surface area contributed by atoms with Gasteiger partial charge >= 0.3 is 5.97 Å². The number of benzene rings is 1. The van der Waals surface area contributed by atoms with Crippen molar-refractivity contribution in [3.63, 3.8) is 0 Å². The Morgan fingerprint density at radius 3 is 2.67 bits per heavy atom. The van der Waals surface area contributed by atoms with Gasteiger partial charge in [0.25, 0.3) is 5.56 Å². The summed E-state index contributed by atoms with van der Waals surface area (Å²) in [6, 6.07) is 6.81. The molecular weight excluding hydrogens is 528 g/mol. The second-order valence-electron chi connectivity index (χ2n) is 7.05. The number of thiazole rings is 1. The van der Waals surface area contributed by atoms with Crippen molar-refractivity contribution in [1.29, 1.82) is 0 Å². The number of thiophene rings is 1. The van der Waals surface area contributed by atoms with Gasteiger partial charge in [0.1, 0.15) is 17.5 Å². The van der Waals surface area contributed by atoms with E-state index < -0.39 is 12.0 Å². The molecule has 7 nitrogen and oxygen atoms in total. The summed E-state index contributed by atoms with van der Waals surface area (Å²) in [5, 5.41) is 1.92. The fourth-order valence-electron chi connectivity index (χ4n) is 3.64. The molecule has 0 radical (unpaired) electrons. The van der Waals surface area contributed by atoms with Gasteiger partial charge in [0, 0.05) is 16.5 Å². The second-order valence-corrected chi connectivity index (χ2v) is 9.89. The van der Waals surface area contributed by atoms with Crippen LogP contribution < -0.4 is 24.4 Å². The molecule has 0 saturated carbocycles. The summed E-state index contributed by atoms with van der Waals surface area (Å²) in [6.45, 7) is 3.76. The van der Waals surface area contributed by atoms with Crippen LogP contribution in [-0.4, -0.2) is 31.4 Å². The van der Waals surface area contributed by atoms with E-state index in [-0.39, 0.29) is 12.2 Å². The normalized spacial score (nSPS) is 15.8. The Morgan fingerprint density at radius 2 is 2.03 bits per heavy atom. The molecule has 0 aliphatic carbocycles. The molecule has 33 heavy (non-hydrogen) atoms. The Morgan fingerprint density at radius 1 is 1.27 bits per heavy atom. The zero-order chi connectivity index (χ0) is 23.7. The average molecular weight is 549 g/mol. The van der Waals surface area contributed by atoms with E-state index in [1.807, 2.05) is 23.6 Å². The lowest BCUT2D eigenvalue weighted by Gasteiger charge is -2.23. The van der Waals surface area contributed by atoms with Crippen LogP contribution in [0, 0.1) is 0 Å². The van der Waals surface area contributed by atoms with Crippen molar-refractivity contribution < 1.29 is 19.0 Å². The molecule has 10 heteroatoms. The van der Waals surface area contributed by atoms with Gasteiger partial charge in [0.15, 0.2) is 4.80 Å². The molecule has 0 fully saturated rings. The summed E-state index contributed by atoms with van der Waals surface area (Å²) in [6.07, 6.45) is 1.77. The maximum Gasteiger partial charge on any atom is 0.338 e. The molecular formula is C23H21BrN2O5S2. The summed E-state index contributed by atoms with van der Waals surface area (Å²) in [4.78, 5) is 32.4. The third-order valence-electron chi connectivity index (χ3n) is 5.12. The number of ether oxygens (including phenoxy) is 3. The first kappa shape index (κ1) is 23.5. The second kappa shape index (κ2) is 9.66. The number of rotatable bonds is 6. The zero-order valence-electron chi connectivity index (χ0n) is 18.4. The highest BCUT2D eigenvalue weighted by Gasteiger charge is 2.33. The lowest BCUT2D eigenvalue weighted by Crippen LogP contribution is -2.39. The van der Waals surface area contributed by atoms with E-state index in [2.05, 4.69) is 20.9 Å². The standard InChI is InChI=1S/C23H21BrN2O5S2/c1-5-31-22(28)19-12(2)25-23-26(20(19)17-7-6-8-32-17)21(27)18(33-23)10-13-9-14(24)16(30-4)11-15(13)29-3/h6-11,20H,5H2,1-4H3/t20-/m0/s1. The molecule has 1 aliphatic heterocycles. The minimum atomic E-state index is -0.591. The first-order valence-corrected chi connectivity index (χ1v) is 12.5. The van der Waals surface area contributed by atoms with Crippen LogP contribution >= 0.6 is 38.6 Å². The van der Waals surface area contributed by atoms with Crippen molar-refractivity contribution in [3.8, 4) is 11.5 Å². The Hall–Kier alpha value is -2.69. The summed E-state index contributed by atoms with van der Waals surface area (Å²) in [7, 11) is 3.14. The molecule has 0 bridgehead atoms. The van der Waals surface area contributed by atoms with Gasteiger partial charge in [-0.1, -0.05) is 17.4 Å². The van der Waals surface area contributed by atoms with E-state index in [0.29, 0.717) is 37.7 Å². The third-order valence-corrected chi connectivity index (χ3v) is 7.65. The van der Waals surface area contributed by atoms with Crippen LogP contribution in [0.15, 0.2) is 55.2 Å². The summed E-state index contributed by atoms with van der Waals surface area (Å²) >= 11 is 6.23. The molecule has 2 aromatic heterocycles. The molecule has 1 aliphatic rings. The van der Waals surface area contributed by atoms with E-state index >= 15 is 0 Å². The Balaban J connectivity index is 1.94. The number of hydrogen-bond acceptors (Lipinski definition) is 8. The van der Waals surface area contributed by atoms with Crippen molar-refractivity contribution in [3.05, 3.63) is 75.5 Å². The molecule has 0 spiro atoms. The number of esters is 1. The first-order valence-electron chi connectivity index (χ1n) is 10.0. The third kappa shape index (κ3) is 4.30. The highest BCUT2D eigenvalue weighted by Crippen LogP contribution is 2.34. The van der Waals surface area contributed by atoms with E-state index in [1.54, 1.807) is 44.8 Å². The molecule has 0 saturated heterocycles. The molecule has 0 unspecified atom stereocenters. The van der Waals surface area contributed by atoms with Crippen molar-refractivity contribution in [2.24, 2.45) is 4.99 Å². The van der Waals surface area contributed by atoms with Crippen LogP contribution in [-0.2, 0) is 9.53 Å². The monoisotopic (exact) mass is 548 g/mol. The summed E-state index contributed by atoms with van der Waals surface area (Å²) in [5.74, 6) is 0.726. The molecule has 0 amide bonds. The number of halogens is 1. The molecule has 172 valence electrons. The van der Waals surface area contributed by atoms with Gasteiger partial charge < -0.3 is 14.2 Å². The van der Waals surface area contributed by atoms with Crippen molar-refractivity contribution in [1.82, 2.24) is 4.57 Å². The molecule has 4 rings (SSSR count). The van der Waals surface area contributed by atoms with Crippen LogP contribution in [0.5, 0.6) is 11.5 Å². The molecule has 1 atom stereocenters. The number of carbonyl (C=O) groups excluding carboxylic acids is 1. The fourth-order valence-corrected chi connectivity index (χ4v) is 6.03. The number of fused-ring (bicyclic) bond motifs is 1. The van der Waals surface area contributed by atoms with Crippen molar-refractivity contribution in [2.75, 3.05) is 20.8 Å². The van der Waals surface area contributed by atoms with Gasteiger partial charge in [-0.2, -0.15) is 0 Å². The van der Waals surface area contributed by atoms with Crippen LogP contribution in [0.25, 0.3) is 6.08 Å². The van der Waals surface area contributed by atoms with Crippen LogP contribution in [0.2, 0.25) is 0 Å². The van der Waals surface area contributed by atoms with Gasteiger partial charge in [0.2, 0.25) is 0 Å². The minimum absolute atomic E-state index is 0.236. The smallest absolute Gasteiger partial charge is 0.338 e. The molecule has 0 N–H and O–H groups in total. The maximum atomic E-state index is 13.6. The van der Waals surface area contributed by atoms with Crippen LogP contribution in [0.1, 0.15) is 30.3 Å². The maximum absolute atomic E-state index is 13.6. The zero-order valence-corrected chi connectivity index (χ0v) is 21.6. The number of nitrogens with zero attached hydrogens (tertiary/aromatic N) is 2. The molecule has 3 heterocycles. The number of allylic oxidation sites excluding steroid dienone is 1. The Bertz CT molecular complexity index is 1420. The highest BCUT2D eigenvalue weighted by molar-refractivity contribution is 9.10. The quantitative estimate of drug-likeness (QED) is 0.439. The predicted molar refractivity (Wildman–Crippen MR) is 132 cm³/mol. The van der Waals surface area contributed by atoms with Gasteiger partial charge in [0.05, 0.1) is 41.1 Å². The van der Waals surface area contributed by atoms with E-state index in [4.69, 9.17) is 14.2 Å². The number of carbonyl (C=O) groups is 1.